The molecular weight excluding hydrogens is 210 g/mol. The molecule has 0 fully saturated rings. The van der Waals surface area contributed by atoms with Gasteiger partial charge in [0.05, 0.1) is 5.69 Å². The number of unbranched alkanes of at least 4 members (excludes halogenated alkanes) is 1. The van der Waals surface area contributed by atoms with Crippen molar-refractivity contribution < 1.29 is 0 Å². The Balaban J connectivity index is 2.64. The Kier molecular flexibility index (Phi) is 5.81. The molecule has 0 aliphatic carbocycles. The molecule has 1 rings (SSSR count). The monoisotopic (exact) mass is 235 g/mol. The van der Waals surface area contributed by atoms with Crippen LogP contribution in [0.5, 0.6) is 0 Å². The highest BCUT2D eigenvalue weighted by atomic mass is 15.0. The van der Waals surface area contributed by atoms with Crippen LogP contribution in [0.3, 0.4) is 0 Å². The van der Waals surface area contributed by atoms with Gasteiger partial charge < -0.3 is 11.1 Å². The summed E-state index contributed by atoms with van der Waals surface area (Å²) < 4.78 is 0. The normalized spacial score (nSPS) is 12.4. The van der Waals surface area contributed by atoms with Gasteiger partial charge in [-0.3, -0.25) is 0 Å². The summed E-state index contributed by atoms with van der Waals surface area (Å²) in [6.07, 6.45) is 7.91. The van der Waals surface area contributed by atoms with E-state index in [2.05, 4.69) is 24.1 Å². The van der Waals surface area contributed by atoms with Crippen LogP contribution in [0.15, 0.2) is 12.3 Å². The van der Waals surface area contributed by atoms with E-state index >= 15 is 0 Å². The second-order valence-electron chi connectivity index (χ2n) is 4.72. The largest absolute Gasteiger partial charge is 0.396 e. The lowest BCUT2D eigenvalue weighted by molar-refractivity contribution is 0.563. The molecule has 0 bridgehead atoms. The molecule has 1 unspecified atom stereocenters. The third-order valence-corrected chi connectivity index (χ3v) is 2.94. The topological polar surface area (TPSA) is 50.9 Å². The summed E-state index contributed by atoms with van der Waals surface area (Å²) in [4.78, 5) is 4.37. The van der Waals surface area contributed by atoms with Crippen LogP contribution in [0.2, 0.25) is 0 Å². The second-order valence-corrected chi connectivity index (χ2v) is 4.72. The highest BCUT2D eigenvalue weighted by Crippen LogP contribution is 2.19. The van der Waals surface area contributed by atoms with Gasteiger partial charge in [0.15, 0.2) is 0 Å². The molecule has 0 aliphatic rings. The van der Waals surface area contributed by atoms with Gasteiger partial charge in [-0.25, -0.2) is 4.98 Å². The number of nitrogen functional groups attached to an aromatic ring is 1. The molecule has 3 N–H and O–H groups in total. The molecule has 0 saturated carbocycles. The molecule has 0 radical (unpaired) electrons. The zero-order valence-corrected chi connectivity index (χ0v) is 11.3. The number of aryl methyl sites for hydroxylation is 1. The summed E-state index contributed by atoms with van der Waals surface area (Å²) in [5, 5.41) is 3.47. The number of nitrogens with two attached hydrogens (primary N) is 1. The first kappa shape index (κ1) is 13.8. The maximum Gasteiger partial charge on any atom is 0.149 e. The molecular formula is C14H25N3. The van der Waals surface area contributed by atoms with Crippen LogP contribution in [0.1, 0.15) is 51.5 Å². The summed E-state index contributed by atoms with van der Waals surface area (Å²) in [5.41, 5.74) is 7.83. The van der Waals surface area contributed by atoms with E-state index < -0.39 is 0 Å². The third-order valence-electron chi connectivity index (χ3n) is 2.94. The fourth-order valence-corrected chi connectivity index (χ4v) is 1.99. The molecule has 0 aliphatic heterocycles. The molecule has 1 aromatic rings. The summed E-state index contributed by atoms with van der Waals surface area (Å²) >= 11 is 0. The number of aromatic nitrogens is 1. The SMILES string of the molecule is CCCCC(CCC)Nc1ncc(C)cc1N. The molecule has 1 heterocycles. The molecule has 3 nitrogen and oxygen atoms in total. The number of nitrogens with one attached hydrogen (secondary N) is 1. The van der Waals surface area contributed by atoms with Crippen molar-refractivity contribution in [1.29, 1.82) is 0 Å². The number of nitrogens with zero attached hydrogens (tertiary/aromatic N) is 1. The Bertz CT molecular complexity index is 336. The third kappa shape index (κ3) is 4.63. The van der Waals surface area contributed by atoms with Gasteiger partial charge in [-0.05, 0) is 31.4 Å². The zero-order valence-electron chi connectivity index (χ0n) is 11.3. The summed E-state index contributed by atoms with van der Waals surface area (Å²) in [6, 6.07) is 2.47. The average Bonchev–Trinajstić information content (AvgIpc) is 2.29. The maximum atomic E-state index is 5.97. The predicted octanol–water partition coefficient (Wildman–Crippen LogP) is 3.74. The number of rotatable bonds is 7. The fourth-order valence-electron chi connectivity index (χ4n) is 1.99. The van der Waals surface area contributed by atoms with E-state index in [1.165, 1.54) is 32.1 Å². The first-order valence-corrected chi connectivity index (χ1v) is 6.66. The number of hydrogen-bond acceptors (Lipinski definition) is 3. The quantitative estimate of drug-likeness (QED) is 0.757. The number of pyridine rings is 1. The molecule has 96 valence electrons. The lowest BCUT2D eigenvalue weighted by Crippen LogP contribution is -2.20. The second kappa shape index (κ2) is 7.15. The lowest BCUT2D eigenvalue weighted by Gasteiger charge is -2.19. The van der Waals surface area contributed by atoms with Crippen molar-refractivity contribution in [3.63, 3.8) is 0 Å². The van der Waals surface area contributed by atoms with Gasteiger partial charge in [0.2, 0.25) is 0 Å². The first-order chi connectivity index (χ1) is 8.17. The first-order valence-electron chi connectivity index (χ1n) is 6.66. The Morgan fingerprint density at radius 1 is 1.29 bits per heavy atom. The van der Waals surface area contributed by atoms with Crippen molar-refractivity contribution in [2.45, 2.75) is 58.9 Å². The molecule has 0 amide bonds. The molecule has 0 saturated heterocycles. The Morgan fingerprint density at radius 3 is 2.65 bits per heavy atom. The standard InChI is InChI=1S/C14H25N3/c1-4-6-8-12(7-5-2)17-14-13(15)9-11(3)10-16-14/h9-10,12H,4-8,15H2,1-3H3,(H,16,17). The van der Waals surface area contributed by atoms with E-state index in [1.54, 1.807) is 0 Å². The smallest absolute Gasteiger partial charge is 0.149 e. The molecule has 0 aromatic carbocycles. The van der Waals surface area contributed by atoms with E-state index in [0.29, 0.717) is 6.04 Å². The van der Waals surface area contributed by atoms with E-state index in [4.69, 9.17) is 5.73 Å². The van der Waals surface area contributed by atoms with Crippen LogP contribution < -0.4 is 11.1 Å². The van der Waals surface area contributed by atoms with Crippen LogP contribution in [0, 0.1) is 6.92 Å². The molecule has 1 aromatic heterocycles. The number of anilines is 2. The van der Waals surface area contributed by atoms with Crippen molar-refractivity contribution in [3.05, 3.63) is 17.8 Å². The lowest BCUT2D eigenvalue weighted by atomic mass is 10.1. The summed E-state index contributed by atoms with van der Waals surface area (Å²) in [6.45, 7) is 6.45. The van der Waals surface area contributed by atoms with Crippen LogP contribution in [-0.2, 0) is 0 Å². The van der Waals surface area contributed by atoms with Gasteiger partial charge in [0.25, 0.3) is 0 Å². The minimum absolute atomic E-state index is 0.498. The van der Waals surface area contributed by atoms with E-state index in [1.807, 2.05) is 19.2 Å². The Morgan fingerprint density at radius 2 is 2.06 bits per heavy atom. The predicted molar refractivity (Wildman–Crippen MR) is 75.2 cm³/mol. The van der Waals surface area contributed by atoms with Gasteiger partial charge in [0, 0.05) is 12.2 Å². The molecule has 17 heavy (non-hydrogen) atoms. The van der Waals surface area contributed by atoms with E-state index in [-0.39, 0.29) is 0 Å². The van der Waals surface area contributed by atoms with Gasteiger partial charge in [-0.2, -0.15) is 0 Å². The fraction of sp³-hybridized carbons (Fsp3) is 0.643. The van der Waals surface area contributed by atoms with Crippen LogP contribution in [0.25, 0.3) is 0 Å². The van der Waals surface area contributed by atoms with Crippen molar-refractivity contribution in [3.8, 4) is 0 Å². The van der Waals surface area contributed by atoms with E-state index in [0.717, 1.165) is 17.1 Å². The minimum atomic E-state index is 0.498. The van der Waals surface area contributed by atoms with Gasteiger partial charge >= 0.3 is 0 Å². The Hall–Kier alpha value is -1.25. The van der Waals surface area contributed by atoms with Crippen LogP contribution >= 0.6 is 0 Å². The van der Waals surface area contributed by atoms with Crippen LogP contribution in [-0.4, -0.2) is 11.0 Å². The summed E-state index contributed by atoms with van der Waals surface area (Å²) in [7, 11) is 0. The molecule has 3 heteroatoms. The minimum Gasteiger partial charge on any atom is -0.396 e. The molecule has 0 spiro atoms. The van der Waals surface area contributed by atoms with Crippen molar-refractivity contribution >= 4 is 11.5 Å². The Labute approximate surface area is 105 Å². The van der Waals surface area contributed by atoms with Crippen molar-refractivity contribution in [2.24, 2.45) is 0 Å². The van der Waals surface area contributed by atoms with Crippen molar-refractivity contribution in [1.82, 2.24) is 4.98 Å². The van der Waals surface area contributed by atoms with Gasteiger partial charge in [-0.15, -0.1) is 0 Å². The van der Waals surface area contributed by atoms with Gasteiger partial charge in [-0.1, -0.05) is 33.1 Å². The van der Waals surface area contributed by atoms with Gasteiger partial charge in [0.1, 0.15) is 5.82 Å². The maximum absolute atomic E-state index is 5.97. The van der Waals surface area contributed by atoms with Crippen LogP contribution in [0.4, 0.5) is 11.5 Å². The van der Waals surface area contributed by atoms with Crippen molar-refractivity contribution in [2.75, 3.05) is 11.1 Å². The van der Waals surface area contributed by atoms with E-state index in [9.17, 15) is 0 Å². The highest BCUT2D eigenvalue weighted by molar-refractivity contribution is 5.61. The molecule has 1 atom stereocenters. The summed E-state index contributed by atoms with van der Waals surface area (Å²) in [5.74, 6) is 0.838. The highest BCUT2D eigenvalue weighted by Gasteiger charge is 2.09. The zero-order chi connectivity index (χ0) is 12.7. The average molecular weight is 235 g/mol. The number of hydrogen-bond donors (Lipinski definition) is 2.